The van der Waals surface area contributed by atoms with Crippen LogP contribution in [0.5, 0.6) is 0 Å². The molecule has 0 spiro atoms. The van der Waals surface area contributed by atoms with E-state index in [1.54, 1.807) is 0 Å². The van der Waals surface area contributed by atoms with Crippen LogP contribution in [0.25, 0.3) is 0 Å². The lowest BCUT2D eigenvalue weighted by Crippen LogP contribution is -2.53. The summed E-state index contributed by atoms with van der Waals surface area (Å²) in [6.07, 6.45) is 9.25. The van der Waals surface area contributed by atoms with E-state index < -0.39 is 0 Å². The van der Waals surface area contributed by atoms with Gasteiger partial charge in [0.15, 0.2) is 0 Å². The third-order valence-electron chi connectivity index (χ3n) is 5.74. The van der Waals surface area contributed by atoms with E-state index in [0.29, 0.717) is 12.3 Å². The Morgan fingerprint density at radius 3 is 2.43 bits per heavy atom. The molecule has 3 aliphatic rings. The lowest BCUT2D eigenvalue weighted by atomic mass is 9.86. The van der Waals surface area contributed by atoms with Crippen LogP contribution in [-0.2, 0) is 14.3 Å². The fourth-order valence-electron chi connectivity index (χ4n) is 4.28. The molecule has 1 amide bonds. The highest BCUT2D eigenvalue weighted by atomic mass is 16.6. The first-order chi connectivity index (χ1) is 11.1. The highest BCUT2D eigenvalue weighted by Crippen LogP contribution is 2.27. The zero-order valence-corrected chi connectivity index (χ0v) is 14.3. The Morgan fingerprint density at radius 1 is 1.13 bits per heavy atom. The van der Waals surface area contributed by atoms with Crippen LogP contribution in [0.4, 0.5) is 0 Å². The first-order valence-corrected chi connectivity index (χ1v) is 9.36. The molecule has 0 aromatic carbocycles. The normalized spacial score (nSPS) is 30.5. The lowest BCUT2D eigenvalue weighted by molar-refractivity contribution is -0.145. The Balaban J connectivity index is 1.39. The van der Waals surface area contributed by atoms with E-state index in [1.165, 1.54) is 32.1 Å². The number of hydrogen-bond acceptors (Lipinski definition) is 4. The molecule has 130 valence electrons. The molecule has 0 aromatic rings. The second kappa shape index (κ2) is 7.65. The van der Waals surface area contributed by atoms with Gasteiger partial charge in [0.1, 0.15) is 12.1 Å². The van der Waals surface area contributed by atoms with Crippen molar-refractivity contribution in [3.8, 4) is 0 Å². The van der Waals surface area contributed by atoms with Crippen molar-refractivity contribution < 1.29 is 14.3 Å². The summed E-state index contributed by atoms with van der Waals surface area (Å²) in [4.78, 5) is 28.4. The number of rotatable bonds is 4. The van der Waals surface area contributed by atoms with Gasteiger partial charge < -0.3 is 9.64 Å². The number of ether oxygens (including phenoxy) is 1. The quantitative estimate of drug-likeness (QED) is 0.745. The van der Waals surface area contributed by atoms with Crippen molar-refractivity contribution in [1.29, 1.82) is 0 Å². The lowest BCUT2D eigenvalue weighted by Gasteiger charge is -2.36. The Bertz CT molecular complexity index is 426. The molecule has 2 atom stereocenters. The summed E-state index contributed by atoms with van der Waals surface area (Å²) >= 11 is 0. The maximum Gasteiger partial charge on any atom is 0.323 e. The van der Waals surface area contributed by atoms with Crippen molar-refractivity contribution in [2.24, 2.45) is 5.92 Å². The summed E-state index contributed by atoms with van der Waals surface area (Å²) in [6, 6.07) is -0.0931. The molecule has 5 nitrogen and oxygen atoms in total. The van der Waals surface area contributed by atoms with Gasteiger partial charge in [-0.15, -0.1) is 0 Å². The van der Waals surface area contributed by atoms with Crippen LogP contribution >= 0.6 is 0 Å². The number of piperazine rings is 1. The van der Waals surface area contributed by atoms with Crippen LogP contribution in [0.15, 0.2) is 0 Å². The van der Waals surface area contributed by atoms with E-state index >= 15 is 0 Å². The van der Waals surface area contributed by atoms with E-state index in [1.807, 2.05) is 11.8 Å². The van der Waals surface area contributed by atoms with Gasteiger partial charge in [-0.1, -0.05) is 32.1 Å². The largest absolute Gasteiger partial charge is 0.461 e. The monoisotopic (exact) mass is 322 g/mol. The molecule has 1 aliphatic carbocycles. The summed E-state index contributed by atoms with van der Waals surface area (Å²) in [7, 11) is 0. The maximum atomic E-state index is 12.4. The molecule has 0 unspecified atom stereocenters. The van der Waals surface area contributed by atoms with Crippen LogP contribution in [0.2, 0.25) is 0 Å². The predicted molar refractivity (Wildman–Crippen MR) is 87.9 cm³/mol. The van der Waals surface area contributed by atoms with Crippen molar-refractivity contribution in [2.75, 3.05) is 26.2 Å². The van der Waals surface area contributed by atoms with Crippen LogP contribution in [0.3, 0.4) is 0 Å². The fraction of sp³-hybridized carbons (Fsp3) is 0.889. The molecule has 0 aromatic heterocycles. The summed E-state index contributed by atoms with van der Waals surface area (Å²) in [5.41, 5.74) is 0. The van der Waals surface area contributed by atoms with Gasteiger partial charge in [0, 0.05) is 39.0 Å². The number of cyclic esters (lactones) is 1. The minimum absolute atomic E-state index is 0.0302. The molecule has 0 bridgehead atoms. The molecule has 3 fully saturated rings. The molecule has 23 heavy (non-hydrogen) atoms. The maximum absolute atomic E-state index is 12.4. The average molecular weight is 322 g/mol. The third kappa shape index (κ3) is 4.25. The van der Waals surface area contributed by atoms with Gasteiger partial charge in [0.05, 0.1) is 0 Å². The van der Waals surface area contributed by atoms with Crippen LogP contribution in [0.1, 0.15) is 58.3 Å². The zero-order valence-electron chi connectivity index (χ0n) is 14.3. The van der Waals surface area contributed by atoms with Gasteiger partial charge >= 0.3 is 5.97 Å². The smallest absolute Gasteiger partial charge is 0.323 e. The number of esters is 1. The van der Waals surface area contributed by atoms with Crippen LogP contribution in [0, 0.1) is 5.92 Å². The summed E-state index contributed by atoms with van der Waals surface area (Å²) in [5.74, 6) is 0.982. The molecule has 2 saturated heterocycles. The SMILES string of the molecule is C[C@H]1C[C@H](N2CCN(C(=O)CCC3CCCCC3)CC2)C(=O)O1. The van der Waals surface area contributed by atoms with Crippen LogP contribution in [-0.4, -0.2) is 60.0 Å². The number of carbonyl (C=O) groups excluding carboxylic acids is 2. The number of amides is 1. The second-order valence-corrected chi connectivity index (χ2v) is 7.46. The Kier molecular flexibility index (Phi) is 5.57. The molecular weight excluding hydrogens is 292 g/mol. The van der Waals surface area contributed by atoms with Gasteiger partial charge in [-0.3, -0.25) is 14.5 Å². The Morgan fingerprint density at radius 2 is 1.83 bits per heavy atom. The number of carbonyl (C=O) groups is 2. The standard InChI is InChI=1S/C18H30N2O3/c1-14-13-16(18(22)23-14)19-9-11-20(12-10-19)17(21)8-7-15-5-3-2-4-6-15/h14-16H,2-13H2,1H3/t14-,16-/m0/s1. The van der Waals surface area contributed by atoms with Gasteiger partial charge in [-0.05, 0) is 19.3 Å². The van der Waals surface area contributed by atoms with Crippen LogP contribution < -0.4 is 0 Å². The van der Waals surface area contributed by atoms with Gasteiger partial charge in [-0.2, -0.15) is 0 Å². The molecule has 0 N–H and O–H groups in total. The van der Waals surface area contributed by atoms with E-state index in [4.69, 9.17) is 4.74 Å². The number of nitrogens with zero attached hydrogens (tertiary/aromatic N) is 2. The van der Waals surface area contributed by atoms with Gasteiger partial charge in [-0.25, -0.2) is 0 Å². The molecule has 3 rings (SSSR count). The van der Waals surface area contributed by atoms with E-state index in [9.17, 15) is 9.59 Å². The first-order valence-electron chi connectivity index (χ1n) is 9.36. The third-order valence-corrected chi connectivity index (χ3v) is 5.74. The van der Waals surface area contributed by atoms with E-state index in [0.717, 1.165) is 44.9 Å². The van der Waals surface area contributed by atoms with Gasteiger partial charge in [0.2, 0.25) is 5.91 Å². The predicted octanol–water partition coefficient (Wildman–Crippen LogP) is 2.20. The van der Waals surface area contributed by atoms with E-state index in [2.05, 4.69) is 4.90 Å². The van der Waals surface area contributed by atoms with Gasteiger partial charge in [0.25, 0.3) is 0 Å². The molecule has 2 aliphatic heterocycles. The Hall–Kier alpha value is -1.10. The average Bonchev–Trinajstić information content (AvgIpc) is 2.92. The van der Waals surface area contributed by atoms with Crippen molar-refractivity contribution >= 4 is 11.9 Å². The molecule has 5 heteroatoms. The molecular formula is C18H30N2O3. The zero-order chi connectivity index (χ0) is 16.2. The fourth-order valence-corrected chi connectivity index (χ4v) is 4.28. The van der Waals surface area contributed by atoms with Crippen molar-refractivity contribution in [3.05, 3.63) is 0 Å². The highest BCUT2D eigenvalue weighted by molar-refractivity contribution is 5.78. The molecule has 0 radical (unpaired) electrons. The van der Waals surface area contributed by atoms with Crippen molar-refractivity contribution in [3.63, 3.8) is 0 Å². The summed E-state index contributed by atoms with van der Waals surface area (Å²) in [6.45, 7) is 5.04. The highest BCUT2D eigenvalue weighted by Gasteiger charge is 2.38. The minimum Gasteiger partial charge on any atom is -0.461 e. The van der Waals surface area contributed by atoms with Crippen molar-refractivity contribution in [2.45, 2.75) is 70.4 Å². The van der Waals surface area contributed by atoms with E-state index in [-0.39, 0.29) is 18.1 Å². The first kappa shape index (κ1) is 16.7. The minimum atomic E-state index is -0.0931. The second-order valence-electron chi connectivity index (χ2n) is 7.46. The topological polar surface area (TPSA) is 49.9 Å². The summed E-state index contributed by atoms with van der Waals surface area (Å²) in [5, 5.41) is 0. The summed E-state index contributed by atoms with van der Waals surface area (Å²) < 4.78 is 5.25. The Labute approximate surface area is 139 Å². The van der Waals surface area contributed by atoms with Crippen molar-refractivity contribution in [1.82, 2.24) is 9.80 Å². The molecule has 1 saturated carbocycles. The number of hydrogen-bond donors (Lipinski definition) is 0. The molecule has 2 heterocycles.